The fourth-order valence-corrected chi connectivity index (χ4v) is 4.12. The predicted octanol–water partition coefficient (Wildman–Crippen LogP) is 3.87. The quantitative estimate of drug-likeness (QED) is 0.773. The van der Waals surface area contributed by atoms with Crippen molar-refractivity contribution in [2.24, 2.45) is 5.41 Å². The van der Waals surface area contributed by atoms with Gasteiger partial charge in [-0.2, -0.15) is 0 Å². The maximum atomic E-state index is 6.42. The second kappa shape index (κ2) is 3.96. The summed E-state index contributed by atoms with van der Waals surface area (Å²) in [5, 5.41) is 1.13. The number of para-hydroxylation sites is 1. The predicted molar refractivity (Wildman–Crippen MR) is 79.1 cm³/mol. The molecule has 2 aliphatic carbocycles. The lowest BCUT2D eigenvalue weighted by Gasteiger charge is -2.32. The maximum Gasteiger partial charge on any atom is 0.0726 e. The second-order valence-corrected chi connectivity index (χ2v) is 6.38. The first-order valence-electron chi connectivity index (χ1n) is 7.43. The summed E-state index contributed by atoms with van der Waals surface area (Å²) in [6.07, 6.45) is 9.20. The number of anilines is 1. The minimum Gasteiger partial charge on any atom is -0.398 e. The van der Waals surface area contributed by atoms with Crippen LogP contribution in [0.3, 0.4) is 0 Å². The molecule has 0 aliphatic heterocycles. The highest BCUT2D eigenvalue weighted by atomic mass is 14.8. The van der Waals surface area contributed by atoms with Gasteiger partial charge in [0.15, 0.2) is 0 Å². The lowest BCUT2D eigenvalue weighted by molar-refractivity contribution is 0.202. The van der Waals surface area contributed by atoms with Crippen LogP contribution < -0.4 is 5.73 Å². The smallest absolute Gasteiger partial charge is 0.0726 e. The molecule has 0 atom stereocenters. The number of pyridine rings is 1. The van der Waals surface area contributed by atoms with Crippen molar-refractivity contribution in [1.29, 1.82) is 0 Å². The van der Waals surface area contributed by atoms with Crippen LogP contribution in [0.4, 0.5) is 5.69 Å². The lowest BCUT2D eigenvalue weighted by Crippen LogP contribution is -2.24. The van der Waals surface area contributed by atoms with Gasteiger partial charge in [0.1, 0.15) is 0 Å². The molecule has 2 aliphatic rings. The van der Waals surface area contributed by atoms with Gasteiger partial charge in [0.05, 0.1) is 5.52 Å². The number of hydrogen-bond acceptors (Lipinski definition) is 2. The summed E-state index contributed by atoms with van der Waals surface area (Å²) in [5.74, 6) is 0. The molecule has 2 heteroatoms. The number of nitrogens with zero attached hydrogens (tertiary/aromatic N) is 1. The van der Waals surface area contributed by atoms with Gasteiger partial charge in [-0.25, -0.2) is 0 Å². The summed E-state index contributed by atoms with van der Waals surface area (Å²) in [4.78, 5) is 4.89. The van der Waals surface area contributed by atoms with Crippen molar-refractivity contribution in [3.63, 3.8) is 0 Å². The van der Waals surface area contributed by atoms with E-state index in [1.807, 2.05) is 6.07 Å². The normalized spacial score (nSPS) is 20.8. The standard InChI is InChI=1S/C17H20N2/c18-16-12-6-2-3-7-14(12)19-15-11-17(10-13(15)16)8-4-1-5-9-17/h2-3,6-7H,1,4-5,8-11H2,(H2,18,19). The van der Waals surface area contributed by atoms with E-state index in [4.69, 9.17) is 10.7 Å². The van der Waals surface area contributed by atoms with E-state index in [1.165, 1.54) is 43.4 Å². The molecule has 0 radical (unpaired) electrons. The van der Waals surface area contributed by atoms with Crippen molar-refractivity contribution in [1.82, 2.24) is 4.98 Å². The molecule has 0 bridgehead atoms. The Balaban J connectivity index is 1.84. The summed E-state index contributed by atoms with van der Waals surface area (Å²) in [6.45, 7) is 0. The molecule has 1 aromatic heterocycles. The zero-order valence-corrected chi connectivity index (χ0v) is 11.3. The molecule has 0 saturated heterocycles. The minimum atomic E-state index is 0.485. The number of nitrogens with two attached hydrogens (primary N) is 1. The van der Waals surface area contributed by atoms with Crippen molar-refractivity contribution < 1.29 is 0 Å². The Hall–Kier alpha value is -1.57. The fourth-order valence-electron chi connectivity index (χ4n) is 4.12. The largest absolute Gasteiger partial charge is 0.398 e. The highest BCUT2D eigenvalue weighted by Gasteiger charge is 2.40. The fraction of sp³-hybridized carbons (Fsp3) is 0.471. The molecule has 2 nitrogen and oxygen atoms in total. The van der Waals surface area contributed by atoms with Crippen LogP contribution in [0.5, 0.6) is 0 Å². The van der Waals surface area contributed by atoms with Gasteiger partial charge in [0, 0.05) is 16.8 Å². The van der Waals surface area contributed by atoms with E-state index in [9.17, 15) is 0 Å². The Morgan fingerprint density at radius 1 is 1.00 bits per heavy atom. The molecule has 1 heterocycles. The first-order valence-corrected chi connectivity index (χ1v) is 7.43. The van der Waals surface area contributed by atoms with Crippen LogP contribution in [0.1, 0.15) is 43.4 Å². The summed E-state index contributed by atoms with van der Waals surface area (Å²) >= 11 is 0. The van der Waals surface area contributed by atoms with Crippen LogP contribution in [0, 0.1) is 5.41 Å². The molecule has 0 unspecified atom stereocenters. The Labute approximate surface area is 114 Å². The lowest BCUT2D eigenvalue weighted by atomic mass is 9.72. The summed E-state index contributed by atoms with van der Waals surface area (Å²) < 4.78 is 0. The third kappa shape index (κ3) is 1.66. The van der Waals surface area contributed by atoms with E-state index >= 15 is 0 Å². The van der Waals surface area contributed by atoms with Gasteiger partial charge in [-0.15, -0.1) is 0 Å². The molecule has 1 aromatic carbocycles. The molecule has 0 amide bonds. The Kier molecular flexibility index (Phi) is 2.35. The van der Waals surface area contributed by atoms with Gasteiger partial charge in [0.2, 0.25) is 0 Å². The summed E-state index contributed by atoms with van der Waals surface area (Å²) in [5.41, 5.74) is 11.6. The monoisotopic (exact) mass is 252 g/mol. The van der Waals surface area contributed by atoms with Gasteiger partial charge >= 0.3 is 0 Å². The molecular formula is C17H20N2. The Morgan fingerprint density at radius 3 is 2.63 bits per heavy atom. The topological polar surface area (TPSA) is 38.9 Å². The second-order valence-electron chi connectivity index (χ2n) is 6.38. The van der Waals surface area contributed by atoms with E-state index in [1.54, 1.807) is 0 Å². The van der Waals surface area contributed by atoms with Gasteiger partial charge < -0.3 is 5.73 Å². The van der Waals surface area contributed by atoms with E-state index in [-0.39, 0.29) is 0 Å². The summed E-state index contributed by atoms with van der Waals surface area (Å²) in [6, 6.07) is 8.28. The molecule has 98 valence electrons. The zero-order chi connectivity index (χ0) is 12.9. The van der Waals surface area contributed by atoms with Gasteiger partial charge in [-0.1, -0.05) is 37.5 Å². The molecule has 2 N–H and O–H groups in total. The van der Waals surface area contributed by atoms with Crippen LogP contribution in [-0.2, 0) is 12.8 Å². The van der Waals surface area contributed by atoms with E-state index in [0.717, 1.165) is 29.4 Å². The Bertz CT molecular complexity index is 639. The van der Waals surface area contributed by atoms with E-state index in [0.29, 0.717) is 5.41 Å². The van der Waals surface area contributed by atoms with Crippen molar-refractivity contribution in [3.05, 3.63) is 35.5 Å². The van der Waals surface area contributed by atoms with Gasteiger partial charge in [-0.05, 0) is 42.7 Å². The SMILES string of the molecule is Nc1c2c(nc3ccccc13)CC1(CCCCC1)C2. The van der Waals surface area contributed by atoms with Crippen molar-refractivity contribution >= 4 is 16.6 Å². The number of hydrogen-bond donors (Lipinski definition) is 1. The molecule has 4 rings (SSSR count). The Morgan fingerprint density at radius 2 is 1.79 bits per heavy atom. The number of aromatic nitrogens is 1. The van der Waals surface area contributed by atoms with Crippen LogP contribution in [0.25, 0.3) is 10.9 Å². The van der Waals surface area contributed by atoms with E-state index < -0.39 is 0 Å². The first-order chi connectivity index (χ1) is 9.27. The molecule has 19 heavy (non-hydrogen) atoms. The van der Waals surface area contributed by atoms with Crippen molar-refractivity contribution in [3.8, 4) is 0 Å². The van der Waals surface area contributed by atoms with Crippen LogP contribution >= 0.6 is 0 Å². The third-order valence-corrected chi connectivity index (χ3v) is 5.13. The van der Waals surface area contributed by atoms with Crippen LogP contribution in [0.15, 0.2) is 24.3 Å². The number of rotatable bonds is 0. The average molecular weight is 252 g/mol. The van der Waals surface area contributed by atoms with Gasteiger partial charge in [0.25, 0.3) is 0 Å². The number of fused-ring (bicyclic) bond motifs is 2. The molecular weight excluding hydrogens is 232 g/mol. The molecule has 1 saturated carbocycles. The molecule has 1 spiro atoms. The van der Waals surface area contributed by atoms with Crippen molar-refractivity contribution in [2.75, 3.05) is 5.73 Å². The van der Waals surface area contributed by atoms with Crippen LogP contribution in [0.2, 0.25) is 0 Å². The number of benzene rings is 1. The zero-order valence-electron chi connectivity index (χ0n) is 11.3. The average Bonchev–Trinajstić information content (AvgIpc) is 2.78. The summed E-state index contributed by atoms with van der Waals surface area (Å²) in [7, 11) is 0. The third-order valence-electron chi connectivity index (χ3n) is 5.13. The maximum absolute atomic E-state index is 6.42. The highest BCUT2D eigenvalue weighted by Crippen LogP contribution is 2.49. The van der Waals surface area contributed by atoms with Crippen molar-refractivity contribution in [2.45, 2.75) is 44.9 Å². The number of nitrogen functional groups attached to an aromatic ring is 1. The first kappa shape index (κ1) is 11.3. The minimum absolute atomic E-state index is 0.485. The molecule has 1 fully saturated rings. The van der Waals surface area contributed by atoms with E-state index in [2.05, 4.69) is 18.2 Å². The van der Waals surface area contributed by atoms with Crippen LogP contribution in [-0.4, -0.2) is 4.98 Å². The molecule has 2 aromatic rings. The highest BCUT2D eigenvalue weighted by molar-refractivity contribution is 5.92. The van der Waals surface area contributed by atoms with Gasteiger partial charge in [-0.3, -0.25) is 4.98 Å².